The monoisotopic (exact) mass is 292 g/mol. The highest BCUT2D eigenvalue weighted by Gasteiger charge is 2.23. The molecule has 0 saturated heterocycles. The van der Waals surface area contributed by atoms with Crippen LogP contribution in [0.1, 0.15) is 25.3 Å². The van der Waals surface area contributed by atoms with Gasteiger partial charge in [0.2, 0.25) is 5.91 Å². The first-order valence-electron chi connectivity index (χ1n) is 7.24. The first-order chi connectivity index (χ1) is 10.1. The number of hydrogen-bond donors (Lipinski definition) is 2. The molecule has 1 aromatic rings. The molecule has 5 heteroatoms. The third-order valence-corrected chi connectivity index (χ3v) is 3.21. The summed E-state index contributed by atoms with van der Waals surface area (Å²) >= 11 is 0. The van der Waals surface area contributed by atoms with Crippen LogP contribution < -0.4 is 10.6 Å². The molecule has 2 atom stereocenters. The molecular formula is C16H24N2O3. The van der Waals surface area contributed by atoms with E-state index in [-0.39, 0.29) is 24.3 Å². The van der Waals surface area contributed by atoms with E-state index >= 15 is 0 Å². The Balaban J connectivity index is 2.70. The van der Waals surface area contributed by atoms with Crippen LogP contribution in [0.3, 0.4) is 0 Å². The third kappa shape index (κ3) is 5.55. The molecule has 0 radical (unpaired) electrons. The number of esters is 1. The van der Waals surface area contributed by atoms with Gasteiger partial charge < -0.3 is 15.4 Å². The lowest BCUT2D eigenvalue weighted by Gasteiger charge is -2.18. The lowest BCUT2D eigenvalue weighted by molar-refractivity contribution is -0.144. The molecule has 1 rings (SSSR count). The second kappa shape index (κ2) is 9.13. The van der Waals surface area contributed by atoms with E-state index in [9.17, 15) is 9.59 Å². The average Bonchev–Trinajstić information content (AvgIpc) is 2.49. The van der Waals surface area contributed by atoms with E-state index in [0.717, 1.165) is 5.56 Å². The predicted molar refractivity (Wildman–Crippen MR) is 81.9 cm³/mol. The average molecular weight is 292 g/mol. The van der Waals surface area contributed by atoms with Crippen molar-refractivity contribution in [3.05, 3.63) is 35.9 Å². The lowest BCUT2D eigenvalue weighted by Crippen LogP contribution is -2.38. The Labute approximate surface area is 126 Å². The molecule has 5 nitrogen and oxygen atoms in total. The zero-order valence-corrected chi connectivity index (χ0v) is 12.9. The fourth-order valence-electron chi connectivity index (χ4n) is 2.04. The number of benzene rings is 1. The minimum absolute atomic E-state index is 0.0745. The molecule has 0 saturated carbocycles. The van der Waals surface area contributed by atoms with Gasteiger partial charge in [0.05, 0.1) is 12.5 Å². The van der Waals surface area contributed by atoms with Crippen molar-refractivity contribution < 1.29 is 14.3 Å². The van der Waals surface area contributed by atoms with Crippen LogP contribution in [0, 0.1) is 5.92 Å². The molecule has 0 aliphatic rings. The Hall–Kier alpha value is -1.88. The second-order valence-electron chi connectivity index (χ2n) is 4.92. The molecule has 0 bridgehead atoms. The summed E-state index contributed by atoms with van der Waals surface area (Å²) in [6.45, 7) is 4.78. The van der Waals surface area contributed by atoms with Gasteiger partial charge in [0.25, 0.3) is 0 Å². The molecule has 0 aromatic heterocycles. The van der Waals surface area contributed by atoms with Crippen molar-refractivity contribution in [1.29, 1.82) is 0 Å². The van der Waals surface area contributed by atoms with Crippen molar-refractivity contribution in [1.82, 2.24) is 10.6 Å². The summed E-state index contributed by atoms with van der Waals surface area (Å²) in [4.78, 5) is 24.0. The number of ether oxygens (including phenoxy) is 1. The van der Waals surface area contributed by atoms with Crippen molar-refractivity contribution in [3.63, 3.8) is 0 Å². The number of carbonyl (C=O) groups excluding carboxylic acids is 2. The molecule has 0 fully saturated rings. The normalized spacial score (nSPS) is 13.3. The van der Waals surface area contributed by atoms with Crippen molar-refractivity contribution in [2.45, 2.75) is 19.8 Å². The van der Waals surface area contributed by atoms with Crippen molar-refractivity contribution >= 4 is 11.9 Å². The van der Waals surface area contributed by atoms with Crippen LogP contribution in [0.4, 0.5) is 0 Å². The molecule has 116 valence electrons. The van der Waals surface area contributed by atoms with Crippen LogP contribution >= 0.6 is 0 Å². The highest BCUT2D eigenvalue weighted by molar-refractivity contribution is 5.82. The Kier molecular flexibility index (Phi) is 7.46. The Bertz CT molecular complexity index is 448. The van der Waals surface area contributed by atoms with E-state index in [0.29, 0.717) is 13.2 Å². The van der Waals surface area contributed by atoms with Gasteiger partial charge >= 0.3 is 5.97 Å². The highest BCUT2D eigenvalue weighted by Crippen LogP contribution is 2.16. The molecular weight excluding hydrogens is 268 g/mol. The summed E-state index contributed by atoms with van der Waals surface area (Å²) in [6.07, 6.45) is 0. The zero-order chi connectivity index (χ0) is 15.7. The number of nitrogens with one attached hydrogen (secondary N) is 2. The Morgan fingerprint density at radius 2 is 1.86 bits per heavy atom. The molecule has 2 N–H and O–H groups in total. The van der Waals surface area contributed by atoms with Gasteiger partial charge in [-0.3, -0.25) is 9.59 Å². The summed E-state index contributed by atoms with van der Waals surface area (Å²) in [5, 5.41) is 5.78. The molecule has 1 aromatic carbocycles. The third-order valence-electron chi connectivity index (χ3n) is 3.21. The van der Waals surface area contributed by atoms with Crippen LogP contribution in [-0.2, 0) is 14.3 Å². The number of hydrogen-bond acceptors (Lipinski definition) is 4. The molecule has 1 amide bonds. The Morgan fingerprint density at radius 1 is 1.19 bits per heavy atom. The number of rotatable bonds is 8. The van der Waals surface area contributed by atoms with E-state index in [4.69, 9.17) is 4.74 Å². The van der Waals surface area contributed by atoms with Crippen molar-refractivity contribution in [2.75, 3.05) is 26.7 Å². The van der Waals surface area contributed by atoms with Gasteiger partial charge in [-0.15, -0.1) is 0 Å². The van der Waals surface area contributed by atoms with Gasteiger partial charge in [-0.25, -0.2) is 0 Å². The summed E-state index contributed by atoms with van der Waals surface area (Å²) in [7, 11) is 1.80. The van der Waals surface area contributed by atoms with Gasteiger partial charge in [-0.05, 0) is 19.5 Å². The van der Waals surface area contributed by atoms with Crippen LogP contribution in [-0.4, -0.2) is 38.6 Å². The van der Waals surface area contributed by atoms with E-state index in [1.807, 2.05) is 37.3 Å². The summed E-state index contributed by atoms with van der Waals surface area (Å²) in [5.74, 6) is -1.01. The molecule has 21 heavy (non-hydrogen) atoms. The second-order valence-corrected chi connectivity index (χ2v) is 4.92. The van der Waals surface area contributed by atoms with E-state index in [2.05, 4.69) is 10.6 Å². The van der Waals surface area contributed by atoms with E-state index in [1.165, 1.54) is 0 Å². The molecule has 2 unspecified atom stereocenters. The van der Waals surface area contributed by atoms with Crippen LogP contribution in [0.15, 0.2) is 30.3 Å². The van der Waals surface area contributed by atoms with Crippen molar-refractivity contribution in [3.8, 4) is 0 Å². The van der Waals surface area contributed by atoms with Gasteiger partial charge in [0, 0.05) is 19.0 Å². The maximum absolute atomic E-state index is 12.1. The summed E-state index contributed by atoms with van der Waals surface area (Å²) in [5.41, 5.74) is 0.845. The van der Waals surface area contributed by atoms with Gasteiger partial charge in [-0.1, -0.05) is 37.3 Å². The number of carbonyl (C=O) groups is 2. The fraction of sp³-hybridized carbons (Fsp3) is 0.500. The minimum atomic E-state index is -0.475. The standard InChI is InChI=1S/C16H24N2O3/c1-4-21-16(20)14(13-8-6-5-7-9-13)11-18-15(19)12(2)10-17-3/h5-9,12,14,17H,4,10-11H2,1-3H3,(H,18,19). The van der Waals surface area contributed by atoms with Gasteiger partial charge in [0.15, 0.2) is 0 Å². The number of amides is 1. The van der Waals surface area contributed by atoms with Crippen LogP contribution in [0.2, 0.25) is 0 Å². The highest BCUT2D eigenvalue weighted by atomic mass is 16.5. The molecule has 0 aliphatic carbocycles. The summed E-state index contributed by atoms with van der Waals surface area (Å²) < 4.78 is 5.10. The van der Waals surface area contributed by atoms with Crippen molar-refractivity contribution in [2.24, 2.45) is 5.92 Å². The largest absolute Gasteiger partial charge is 0.465 e. The van der Waals surface area contributed by atoms with Crippen LogP contribution in [0.25, 0.3) is 0 Å². The molecule has 0 spiro atoms. The summed E-state index contributed by atoms with van der Waals surface area (Å²) in [6, 6.07) is 9.36. The van der Waals surface area contributed by atoms with Crippen LogP contribution in [0.5, 0.6) is 0 Å². The van der Waals surface area contributed by atoms with E-state index < -0.39 is 5.92 Å². The maximum atomic E-state index is 12.1. The first kappa shape index (κ1) is 17.2. The Morgan fingerprint density at radius 3 is 2.43 bits per heavy atom. The maximum Gasteiger partial charge on any atom is 0.315 e. The smallest absolute Gasteiger partial charge is 0.315 e. The zero-order valence-electron chi connectivity index (χ0n) is 12.9. The first-order valence-corrected chi connectivity index (χ1v) is 7.24. The fourth-order valence-corrected chi connectivity index (χ4v) is 2.04. The molecule has 0 aliphatic heterocycles. The molecule has 0 heterocycles. The van der Waals surface area contributed by atoms with Gasteiger partial charge in [0.1, 0.15) is 0 Å². The predicted octanol–water partition coefficient (Wildman–Crippen LogP) is 1.31. The quantitative estimate of drug-likeness (QED) is 0.709. The minimum Gasteiger partial charge on any atom is -0.465 e. The SMILES string of the molecule is CCOC(=O)C(CNC(=O)C(C)CNC)c1ccccc1. The van der Waals surface area contributed by atoms with Gasteiger partial charge in [-0.2, -0.15) is 0 Å². The topological polar surface area (TPSA) is 67.4 Å². The van der Waals surface area contributed by atoms with E-state index in [1.54, 1.807) is 14.0 Å². The lowest BCUT2D eigenvalue weighted by atomic mass is 9.99.